The zero-order chi connectivity index (χ0) is 16.9. The van der Waals surface area contributed by atoms with Gasteiger partial charge in [-0.05, 0) is 50.2 Å². The Hall–Kier alpha value is -1.73. The number of nitrogens with one attached hydrogen (secondary N) is 1. The molecule has 2 amide bonds. The van der Waals surface area contributed by atoms with E-state index in [1.54, 1.807) is 13.0 Å². The molecule has 1 saturated carbocycles. The average molecular weight is 348 g/mol. The van der Waals surface area contributed by atoms with Crippen molar-refractivity contribution in [3.63, 3.8) is 0 Å². The summed E-state index contributed by atoms with van der Waals surface area (Å²) >= 11 is 1.37. The minimum atomic E-state index is -0.277. The van der Waals surface area contributed by atoms with Crippen molar-refractivity contribution in [1.29, 1.82) is 0 Å². The van der Waals surface area contributed by atoms with Crippen molar-refractivity contribution in [2.45, 2.75) is 38.1 Å². The molecule has 0 spiro atoms. The molecular formula is C17H21FN4OS. The van der Waals surface area contributed by atoms with Crippen LogP contribution in [-0.2, 0) is 0 Å². The molecule has 7 heteroatoms. The number of rotatable bonds is 2. The first-order valence-electron chi connectivity index (χ1n) is 8.39. The van der Waals surface area contributed by atoms with Crippen molar-refractivity contribution in [3.05, 3.63) is 23.5 Å². The molecule has 5 nitrogen and oxygen atoms in total. The van der Waals surface area contributed by atoms with E-state index in [-0.39, 0.29) is 17.4 Å². The fourth-order valence-electron chi connectivity index (χ4n) is 4.11. The fraction of sp³-hybridized carbons (Fsp3) is 0.529. The van der Waals surface area contributed by atoms with Crippen LogP contribution in [0.3, 0.4) is 0 Å². The highest BCUT2D eigenvalue weighted by Gasteiger charge is 2.53. The molecule has 0 radical (unpaired) electrons. The summed E-state index contributed by atoms with van der Waals surface area (Å²) in [6.07, 6.45) is 4.30. The number of amides is 2. The van der Waals surface area contributed by atoms with Gasteiger partial charge in [0, 0.05) is 19.2 Å². The molecule has 1 aliphatic heterocycles. The van der Waals surface area contributed by atoms with E-state index in [9.17, 15) is 9.18 Å². The van der Waals surface area contributed by atoms with E-state index >= 15 is 0 Å². The van der Waals surface area contributed by atoms with Crippen molar-refractivity contribution in [2.24, 2.45) is 11.7 Å². The first-order valence-corrected chi connectivity index (χ1v) is 9.20. The highest BCUT2D eigenvalue weighted by molar-refractivity contribution is 7.22. The normalized spacial score (nSPS) is 26.1. The lowest BCUT2D eigenvalue weighted by Crippen LogP contribution is -2.68. The monoisotopic (exact) mass is 348 g/mol. The Morgan fingerprint density at radius 2 is 2.38 bits per heavy atom. The number of hydrogen-bond acceptors (Lipinski definition) is 4. The molecule has 24 heavy (non-hydrogen) atoms. The van der Waals surface area contributed by atoms with Gasteiger partial charge in [-0.15, -0.1) is 0 Å². The summed E-state index contributed by atoms with van der Waals surface area (Å²) in [7, 11) is 0. The molecule has 2 aliphatic rings. The molecule has 2 heterocycles. The van der Waals surface area contributed by atoms with E-state index in [0.717, 1.165) is 36.9 Å². The summed E-state index contributed by atoms with van der Waals surface area (Å²) < 4.78 is 14.5. The van der Waals surface area contributed by atoms with Crippen LogP contribution in [0.1, 0.15) is 31.2 Å². The van der Waals surface area contributed by atoms with Crippen molar-refractivity contribution in [3.8, 4) is 0 Å². The zero-order valence-electron chi connectivity index (χ0n) is 13.6. The number of hydrogen-bond donors (Lipinski definition) is 2. The predicted molar refractivity (Wildman–Crippen MR) is 93.8 cm³/mol. The number of aryl methyl sites for hydroxylation is 1. The van der Waals surface area contributed by atoms with Crippen LogP contribution in [0.2, 0.25) is 0 Å². The number of benzene rings is 1. The minimum absolute atomic E-state index is 0.138. The van der Waals surface area contributed by atoms with Gasteiger partial charge < -0.3 is 10.6 Å². The molecule has 1 aromatic carbocycles. The maximum atomic E-state index is 13.7. The van der Waals surface area contributed by atoms with Gasteiger partial charge in [0.25, 0.3) is 0 Å². The molecule has 1 aliphatic carbocycles. The summed E-state index contributed by atoms with van der Waals surface area (Å²) in [4.78, 5) is 19.0. The highest BCUT2D eigenvalue weighted by atomic mass is 32.1. The molecule has 3 N–H and O–H groups in total. The van der Waals surface area contributed by atoms with Crippen LogP contribution in [0, 0.1) is 18.7 Å². The molecule has 1 aromatic heterocycles. The van der Waals surface area contributed by atoms with Gasteiger partial charge in [0.05, 0.1) is 15.8 Å². The number of urea groups is 1. The number of piperidine rings is 1. The molecule has 4 rings (SSSR count). The number of carbonyl (C=O) groups is 1. The van der Waals surface area contributed by atoms with E-state index in [1.807, 2.05) is 4.90 Å². The quantitative estimate of drug-likeness (QED) is 0.873. The molecular weight excluding hydrogens is 327 g/mol. The Morgan fingerprint density at radius 1 is 1.54 bits per heavy atom. The maximum Gasteiger partial charge on any atom is 0.324 e. The number of halogens is 1. The van der Waals surface area contributed by atoms with Crippen LogP contribution in [0.4, 0.5) is 14.3 Å². The molecule has 2 atom stereocenters. The zero-order valence-corrected chi connectivity index (χ0v) is 14.5. The Balaban J connectivity index is 1.57. The van der Waals surface area contributed by atoms with Gasteiger partial charge in [0.2, 0.25) is 0 Å². The summed E-state index contributed by atoms with van der Waals surface area (Å²) in [5.41, 5.74) is 7.00. The molecule has 2 fully saturated rings. The predicted octanol–water partition coefficient (Wildman–Crippen LogP) is 3.48. The summed E-state index contributed by atoms with van der Waals surface area (Å²) in [6.45, 7) is 2.97. The first-order chi connectivity index (χ1) is 11.5. The Labute approximate surface area is 144 Å². The molecule has 1 saturated heterocycles. The van der Waals surface area contributed by atoms with Gasteiger partial charge in [-0.25, -0.2) is 14.2 Å². The van der Waals surface area contributed by atoms with Crippen molar-refractivity contribution in [2.75, 3.05) is 18.4 Å². The van der Waals surface area contributed by atoms with Gasteiger partial charge in [-0.1, -0.05) is 11.3 Å². The highest BCUT2D eigenvalue weighted by Crippen LogP contribution is 2.48. The topological polar surface area (TPSA) is 71.2 Å². The van der Waals surface area contributed by atoms with E-state index in [2.05, 4.69) is 10.3 Å². The smallest absolute Gasteiger partial charge is 0.324 e. The van der Waals surface area contributed by atoms with Crippen molar-refractivity contribution in [1.82, 2.24) is 9.88 Å². The molecule has 2 unspecified atom stereocenters. The summed E-state index contributed by atoms with van der Waals surface area (Å²) in [6, 6.07) is 3.05. The van der Waals surface area contributed by atoms with Gasteiger partial charge in [-0.3, -0.25) is 5.32 Å². The minimum Gasteiger partial charge on any atom is -0.328 e. The SMILES string of the molecule is Cc1cc2sc(NC(=O)N3CCCC4CCC43CN)nc2cc1F. The third-order valence-electron chi connectivity index (χ3n) is 5.64. The lowest BCUT2D eigenvalue weighted by Gasteiger charge is -2.58. The number of nitrogens with two attached hydrogens (primary N) is 1. The second-order valence-electron chi connectivity index (χ2n) is 6.86. The standard InChI is InChI=1S/C17H21FN4OS/c1-10-7-14-13(8-12(10)18)20-15(24-14)21-16(23)22-6-2-3-11-4-5-17(11,22)9-19/h7-8,11H,2-6,9,19H2,1H3,(H,20,21,23). The van der Waals surface area contributed by atoms with E-state index < -0.39 is 0 Å². The fourth-order valence-corrected chi connectivity index (χ4v) is 5.05. The second-order valence-corrected chi connectivity index (χ2v) is 7.89. The number of anilines is 1. The van der Waals surface area contributed by atoms with Crippen molar-refractivity contribution < 1.29 is 9.18 Å². The Kier molecular flexibility index (Phi) is 3.73. The van der Waals surface area contributed by atoms with Crippen LogP contribution in [0.25, 0.3) is 10.2 Å². The van der Waals surface area contributed by atoms with E-state index in [0.29, 0.717) is 28.7 Å². The lowest BCUT2D eigenvalue weighted by molar-refractivity contribution is -0.0391. The third kappa shape index (κ3) is 2.29. The number of fused-ring (bicyclic) bond motifs is 2. The summed E-state index contributed by atoms with van der Waals surface area (Å²) in [5.74, 6) is 0.246. The van der Waals surface area contributed by atoms with E-state index in [1.165, 1.54) is 17.4 Å². The van der Waals surface area contributed by atoms with Crippen LogP contribution >= 0.6 is 11.3 Å². The number of likely N-dealkylation sites (tertiary alicyclic amines) is 1. The maximum absolute atomic E-state index is 13.7. The van der Waals surface area contributed by atoms with Crippen LogP contribution in [0.5, 0.6) is 0 Å². The number of aromatic nitrogens is 1. The molecule has 128 valence electrons. The van der Waals surface area contributed by atoms with Gasteiger partial charge in [0.1, 0.15) is 5.82 Å². The number of nitrogens with zero attached hydrogens (tertiary/aromatic N) is 2. The second kappa shape index (κ2) is 5.67. The average Bonchev–Trinajstić information content (AvgIpc) is 2.90. The van der Waals surface area contributed by atoms with Crippen LogP contribution < -0.4 is 11.1 Å². The third-order valence-corrected chi connectivity index (χ3v) is 6.57. The van der Waals surface area contributed by atoms with Crippen molar-refractivity contribution >= 4 is 32.7 Å². The van der Waals surface area contributed by atoms with E-state index in [4.69, 9.17) is 5.73 Å². The van der Waals surface area contributed by atoms with Crippen LogP contribution in [0.15, 0.2) is 12.1 Å². The summed E-state index contributed by atoms with van der Waals surface area (Å²) in [5, 5.41) is 3.41. The molecule has 0 bridgehead atoms. The first kappa shape index (κ1) is 15.8. The Bertz CT molecular complexity index is 764. The lowest BCUT2D eigenvalue weighted by atomic mass is 9.61. The van der Waals surface area contributed by atoms with Gasteiger partial charge in [-0.2, -0.15) is 0 Å². The van der Waals surface area contributed by atoms with Gasteiger partial charge >= 0.3 is 6.03 Å². The number of carbonyl (C=O) groups excluding carboxylic acids is 1. The largest absolute Gasteiger partial charge is 0.328 e. The van der Waals surface area contributed by atoms with Gasteiger partial charge in [0.15, 0.2) is 5.13 Å². The Morgan fingerprint density at radius 3 is 3.08 bits per heavy atom. The molecule has 2 aromatic rings. The van der Waals surface area contributed by atoms with Crippen LogP contribution in [-0.4, -0.2) is 34.5 Å². The number of thiazole rings is 1.